The van der Waals surface area contributed by atoms with Gasteiger partial charge < -0.3 is 15.3 Å². The Bertz CT molecular complexity index is 567. The van der Waals surface area contributed by atoms with Crippen LogP contribution < -0.4 is 5.32 Å². The summed E-state index contributed by atoms with van der Waals surface area (Å²) >= 11 is 1.37. The third-order valence-electron chi connectivity index (χ3n) is 4.04. The van der Waals surface area contributed by atoms with Gasteiger partial charge in [-0.25, -0.2) is 0 Å². The van der Waals surface area contributed by atoms with Crippen molar-refractivity contribution in [2.24, 2.45) is 0 Å². The minimum atomic E-state index is -0.310. The second-order valence-electron chi connectivity index (χ2n) is 6.07. The summed E-state index contributed by atoms with van der Waals surface area (Å²) in [5.41, 5.74) is 0.517. The summed E-state index contributed by atoms with van der Waals surface area (Å²) in [6.45, 7) is 8.10. The molecule has 0 aromatic carbocycles. The highest BCUT2D eigenvalue weighted by atomic mass is 32.1. The molecule has 1 saturated heterocycles. The molecule has 2 N–H and O–H groups in total. The van der Waals surface area contributed by atoms with E-state index in [2.05, 4.69) is 28.1 Å². The Labute approximate surface area is 141 Å². The topological polar surface area (TPSA) is 79.6 Å². The number of hydrogen-bond donors (Lipinski definition) is 2. The van der Waals surface area contributed by atoms with Crippen LogP contribution in [0.1, 0.15) is 25.8 Å². The average molecular weight is 336 g/mol. The van der Waals surface area contributed by atoms with Gasteiger partial charge in [0.2, 0.25) is 5.91 Å². The van der Waals surface area contributed by atoms with E-state index in [1.807, 2.05) is 6.92 Å². The first kappa shape index (κ1) is 17.9. The second kappa shape index (κ2) is 8.41. The van der Waals surface area contributed by atoms with Crippen molar-refractivity contribution < 1.29 is 9.90 Å². The molecule has 2 unspecified atom stereocenters. The number of piperazine rings is 1. The van der Waals surface area contributed by atoms with Crippen molar-refractivity contribution in [3.8, 4) is 6.07 Å². The zero-order valence-electron chi connectivity index (χ0n) is 13.7. The fraction of sp³-hybridized carbons (Fsp3) is 0.625. The molecule has 126 valence electrons. The molecule has 0 aliphatic carbocycles. The molecule has 0 saturated carbocycles. The van der Waals surface area contributed by atoms with Crippen molar-refractivity contribution in [3.63, 3.8) is 0 Å². The van der Waals surface area contributed by atoms with Crippen molar-refractivity contribution in [3.05, 3.63) is 17.0 Å². The maximum atomic E-state index is 12.0. The van der Waals surface area contributed by atoms with Crippen LogP contribution in [0.2, 0.25) is 0 Å². The van der Waals surface area contributed by atoms with Gasteiger partial charge in [-0.3, -0.25) is 9.69 Å². The molecule has 7 heteroatoms. The number of aliphatic hydroxyl groups excluding tert-OH is 1. The highest BCUT2D eigenvalue weighted by Crippen LogP contribution is 2.22. The minimum absolute atomic E-state index is 0.0528. The van der Waals surface area contributed by atoms with Crippen LogP contribution in [0.4, 0.5) is 5.00 Å². The Morgan fingerprint density at radius 1 is 1.61 bits per heavy atom. The van der Waals surface area contributed by atoms with Gasteiger partial charge in [0.15, 0.2) is 0 Å². The number of carbonyl (C=O) groups excluding carboxylic acids is 1. The molecule has 2 heterocycles. The van der Waals surface area contributed by atoms with Crippen molar-refractivity contribution in [2.45, 2.75) is 32.4 Å². The first-order valence-corrected chi connectivity index (χ1v) is 8.79. The van der Waals surface area contributed by atoms with Crippen molar-refractivity contribution in [2.75, 3.05) is 38.0 Å². The van der Waals surface area contributed by atoms with Gasteiger partial charge in [-0.05, 0) is 25.3 Å². The number of rotatable bonds is 6. The molecule has 6 nitrogen and oxygen atoms in total. The summed E-state index contributed by atoms with van der Waals surface area (Å²) in [4.78, 5) is 16.6. The second-order valence-corrected chi connectivity index (χ2v) is 6.98. The van der Waals surface area contributed by atoms with E-state index in [-0.39, 0.29) is 12.0 Å². The number of anilines is 1. The van der Waals surface area contributed by atoms with Crippen LogP contribution >= 0.6 is 11.3 Å². The lowest BCUT2D eigenvalue weighted by molar-refractivity contribution is -0.116. The number of nitriles is 1. The lowest BCUT2D eigenvalue weighted by Crippen LogP contribution is -2.53. The Balaban J connectivity index is 1.74. The monoisotopic (exact) mass is 336 g/mol. The number of hydrogen-bond acceptors (Lipinski definition) is 6. The highest BCUT2D eigenvalue weighted by Gasteiger charge is 2.24. The predicted octanol–water partition coefficient (Wildman–Crippen LogP) is 1.34. The van der Waals surface area contributed by atoms with Crippen LogP contribution in [-0.2, 0) is 4.79 Å². The summed E-state index contributed by atoms with van der Waals surface area (Å²) in [6.07, 6.45) is 0.112. The highest BCUT2D eigenvalue weighted by molar-refractivity contribution is 7.14. The van der Waals surface area contributed by atoms with E-state index in [9.17, 15) is 9.90 Å². The average Bonchev–Trinajstić information content (AvgIpc) is 2.94. The molecule has 1 amide bonds. The van der Waals surface area contributed by atoms with Gasteiger partial charge in [-0.2, -0.15) is 5.26 Å². The molecule has 2 atom stereocenters. The fourth-order valence-corrected chi connectivity index (χ4v) is 3.58. The first-order valence-electron chi connectivity index (χ1n) is 7.91. The van der Waals surface area contributed by atoms with Crippen LogP contribution in [0.15, 0.2) is 11.4 Å². The van der Waals surface area contributed by atoms with E-state index in [1.165, 1.54) is 11.3 Å². The van der Waals surface area contributed by atoms with Crippen LogP contribution in [0.5, 0.6) is 0 Å². The summed E-state index contributed by atoms with van der Waals surface area (Å²) in [5, 5.41) is 23.7. The molecule has 0 radical (unpaired) electrons. The van der Waals surface area contributed by atoms with Gasteiger partial charge in [0, 0.05) is 45.2 Å². The van der Waals surface area contributed by atoms with Crippen molar-refractivity contribution in [1.82, 2.24) is 9.80 Å². The van der Waals surface area contributed by atoms with Crippen molar-refractivity contribution >= 4 is 22.2 Å². The zero-order chi connectivity index (χ0) is 16.8. The normalized spacial score (nSPS) is 20.9. The van der Waals surface area contributed by atoms with Crippen LogP contribution in [0.3, 0.4) is 0 Å². The molecule has 0 spiro atoms. The standard InChI is InChI=1S/C16H24N4O2S/c1-12-10-19(6-7-20(12)11-13(2)21)5-3-15(22)18-16-14(9-17)4-8-23-16/h4,8,12-13,21H,3,5-7,10-11H2,1-2H3,(H,18,22). The molecule has 1 aliphatic rings. The zero-order valence-corrected chi connectivity index (χ0v) is 14.5. The van der Waals surface area contributed by atoms with Crippen LogP contribution in [0, 0.1) is 11.3 Å². The van der Waals surface area contributed by atoms with E-state index in [1.54, 1.807) is 11.4 Å². The summed E-state index contributed by atoms with van der Waals surface area (Å²) in [7, 11) is 0. The first-order chi connectivity index (χ1) is 11.0. The molecule has 1 aliphatic heterocycles. The van der Waals surface area contributed by atoms with Crippen LogP contribution in [-0.4, -0.2) is 65.7 Å². The molecule has 2 rings (SSSR count). The quantitative estimate of drug-likeness (QED) is 0.819. The van der Waals surface area contributed by atoms with E-state index in [0.29, 0.717) is 36.1 Å². The Morgan fingerprint density at radius 3 is 3.04 bits per heavy atom. The Hall–Kier alpha value is -1.46. The molecular weight excluding hydrogens is 312 g/mol. The third-order valence-corrected chi connectivity index (χ3v) is 4.87. The lowest BCUT2D eigenvalue weighted by Gasteiger charge is -2.40. The van der Waals surface area contributed by atoms with E-state index < -0.39 is 0 Å². The summed E-state index contributed by atoms with van der Waals surface area (Å²) in [6, 6.07) is 4.16. The molecular formula is C16H24N4O2S. The van der Waals surface area contributed by atoms with Gasteiger partial charge in [0.25, 0.3) is 0 Å². The molecule has 1 aromatic rings. The predicted molar refractivity (Wildman–Crippen MR) is 91.4 cm³/mol. The Kier molecular flexibility index (Phi) is 6.54. The fourth-order valence-electron chi connectivity index (χ4n) is 2.83. The number of nitrogens with one attached hydrogen (secondary N) is 1. The van der Waals surface area contributed by atoms with Crippen molar-refractivity contribution in [1.29, 1.82) is 5.26 Å². The smallest absolute Gasteiger partial charge is 0.226 e. The molecule has 1 aromatic heterocycles. The molecule has 0 bridgehead atoms. The van der Waals surface area contributed by atoms with Gasteiger partial charge >= 0.3 is 0 Å². The number of thiophene rings is 1. The van der Waals surface area contributed by atoms with Gasteiger partial charge in [0.1, 0.15) is 11.1 Å². The number of amides is 1. The largest absolute Gasteiger partial charge is 0.392 e. The van der Waals surface area contributed by atoms with E-state index in [0.717, 1.165) is 19.6 Å². The number of nitrogens with zero attached hydrogens (tertiary/aromatic N) is 3. The van der Waals surface area contributed by atoms with Gasteiger partial charge in [0.05, 0.1) is 11.7 Å². The number of aliphatic hydroxyl groups is 1. The number of β-amino-alcohol motifs (C(OH)–C–C–N with tert-alkyl or cyclic N) is 1. The van der Waals surface area contributed by atoms with Crippen LogP contribution in [0.25, 0.3) is 0 Å². The lowest BCUT2D eigenvalue weighted by atomic mass is 10.1. The summed E-state index contributed by atoms with van der Waals surface area (Å²) < 4.78 is 0. The third kappa shape index (κ3) is 5.29. The Morgan fingerprint density at radius 2 is 2.39 bits per heavy atom. The maximum Gasteiger partial charge on any atom is 0.226 e. The minimum Gasteiger partial charge on any atom is -0.392 e. The van der Waals surface area contributed by atoms with E-state index >= 15 is 0 Å². The molecule has 23 heavy (non-hydrogen) atoms. The molecule has 1 fully saturated rings. The van der Waals surface area contributed by atoms with E-state index in [4.69, 9.17) is 5.26 Å². The number of carbonyl (C=O) groups is 1. The summed E-state index contributed by atoms with van der Waals surface area (Å²) in [5.74, 6) is -0.0528. The maximum absolute atomic E-state index is 12.0. The SMILES string of the molecule is CC(O)CN1CCN(CCC(=O)Nc2sccc2C#N)CC1C. The van der Waals surface area contributed by atoms with Gasteiger partial charge in [-0.15, -0.1) is 11.3 Å². The van der Waals surface area contributed by atoms with Gasteiger partial charge in [-0.1, -0.05) is 0 Å².